The van der Waals surface area contributed by atoms with Crippen LogP contribution in [0.25, 0.3) is 0 Å². The molecule has 0 bridgehead atoms. The van der Waals surface area contributed by atoms with Crippen LogP contribution in [0.1, 0.15) is 32.3 Å². The molecule has 1 fully saturated rings. The smallest absolute Gasteiger partial charge is 0.0438 e. The molecular weight excluding hydrogens is 218 g/mol. The minimum Gasteiger partial charge on any atom is -0.311 e. The van der Waals surface area contributed by atoms with Crippen LogP contribution >= 0.6 is 11.6 Å². The van der Waals surface area contributed by atoms with Gasteiger partial charge in [0, 0.05) is 17.1 Å². The quantitative estimate of drug-likeness (QED) is 0.824. The Morgan fingerprint density at radius 1 is 1.31 bits per heavy atom. The summed E-state index contributed by atoms with van der Waals surface area (Å²) in [4.78, 5) is 0. The average molecular weight is 238 g/mol. The first kappa shape index (κ1) is 11.9. The molecule has 0 heterocycles. The molecule has 1 aliphatic rings. The summed E-state index contributed by atoms with van der Waals surface area (Å²) in [5.74, 6) is 0.625. The third kappa shape index (κ3) is 3.23. The Morgan fingerprint density at radius 3 is 2.62 bits per heavy atom. The van der Waals surface area contributed by atoms with Crippen molar-refractivity contribution in [2.45, 2.75) is 45.2 Å². The lowest BCUT2D eigenvalue weighted by atomic mass is 9.95. The first-order valence-corrected chi connectivity index (χ1v) is 6.54. The van der Waals surface area contributed by atoms with E-state index >= 15 is 0 Å². The third-order valence-electron chi connectivity index (χ3n) is 3.43. The molecule has 16 heavy (non-hydrogen) atoms. The second-order valence-electron chi connectivity index (χ2n) is 5.00. The van der Waals surface area contributed by atoms with Crippen molar-refractivity contribution >= 4 is 11.6 Å². The van der Waals surface area contributed by atoms with Crippen molar-refractivity contribution in [3.63, 3.8) is 0 Å². The average Bonchev–Trinajstić information content (AvgIpc) is 3.05. The summed E-state index contributed by atoms with van der Waals surface area (Å²) in [6, 6.07) is 9.51. The fourth-order valence-electron chi connectivity index (χ4n) is 1.97. The summed E-state index contributed by atoms with van der Waals surface area (Å²) in [5.41, 5.74) is 1.26. The van der Waals surface area contributed by atoms with Gasteiger partial charge in [-0.05, 0) is 43.7 Å². The van der Waals surface area contributed by atoms with Crippen molar-refractivity contribution < 1.29 is 0 Å². The number of halogens is 1. The van der Waals surface area contributed by atoms with Crippen molar-refractivity contribution in [3.05, 3.63) is 34.9 Å². The summed E-state index contributed by atoms with van der Waals surface area (Å²) in [6.07, 6.45) is 3.76. The SMILES string of the molecule is CC(Cc1ccccc1Cl)C(C)NC1CC1. The van der Waals surface area contributed by atoms with Gasteiger partial charge in [-0.2, -0.15) is 0 Å². The monoisotopic (exact) mass is 237 g/mol. The highest BCUT2D eigenvalue weighted by Crippen LogP contribution is 2.24. The Balaban J connectivity index is 1.90. The van der Waals surface area contributed by atoms with Gasteiger partial charge in [0.25, 0.3) is 0 Å². The van der Waals surface area contributed by atoms with E-state index in [4.69, 9.17) is 11.6 Å². The summed E-state index contributed by atoms with van der Waals surface area (Å²) in [5, 5.41) is 4.55. The molecule has 2 rings (SSSR count). The van der Waals surface area contributed by atoms with E-state index in [1.54, 1.807) is 0 Å². The van der Waals surface area contributed by atoms with Gasteiger partial charge < -0.3 is 5.32 Å². The lowest BCUT2D eigenvalue weighted by Crippen LogP contribution is -2.34. The lowest BCUT2D eigenvalue weighted by molar-refractivity contribution is 0.396. The molecule has 0 aliphatic heterocycles. The predicted molar refractivity (Wildman–Crippen MR) is 69.9 cm³/mol. The van der Waals surface area contributed by atoms with Gasteiger partial charge in [-0.3, -0.25) is 0 Å². The molecule has 1 aromatic rings. The number of benzene rings is 1. The Kier molecular flexibility index (Phi) is 3.88. The third-order valence-corrected chi connectivity index (χ3v) is 3.80. The van der Waals surface area contributed by atoms with Gasteiger partial charge in [-0.25, -0.2) is 0 Å². The fraction of sp³-hybridized carbons (Fsp3) is 0.571. The van der Waals surface area contributed by atoms with E-state index in [0.717, 1.165) is 17.5 Å². The molecule has 1 aliphatic carbocycles. The standard InChI is InChI=1S/C14H20ClN/c1-10(11(2)16-13-7-8-13)9-12-5-3-4-6-14(12)15/h3-6,10-11,13,16H,7-9H2,1-2H3. The molecule has 2 heteroatoms. The van der Waals surface area contributed by atoms with Crippen LogP contribution < -0.4 is 5.32 Å². The van der Waals surface area contributed by atoms with E-state index in [1.807, 2.05) is 12.1 Å². The Hall–Kier alpha value is -0.530. The van der Waals surface area contributed by atoms with Crippen LogP contribution in [0, 0.1) is 5.92 Å². The van der Waals surface area contributed by atoms with E-state index < -0.39 is 0 Å². The normalized spacial score (nSPS) is 19.4. The van der Waals surface area contributed by atoms with Crippen LogP contribution in [0.3, 0.4) is 0 Å². The lowest BCUT2D eigenvalue weighted by Gasteiger charge is -2.21. The first-order chi connectivity index (χ1) is 7.66. The minimum atomic E-state index is 0.573. The van der Waals surface area contributed by atoms with Gasteiger partial charge in [-0.1, -0.05) is 36.7 Å². The summed E-state index contributed by atoms with van der Waals surface area (Å²) >= 11 is 6.17. The molecular formula is C14H20ClN. The molecule has 0 saturated heterocycles. The Labute approximate surface area is 103 Å². The van der Waals surface area contributed by atoms with Gasteiger partial charge in [-0.15, -0.1) is 0 Å². The topological polar surface area (TPSA) is 12.0 Å². The van der Waals surface area contributed by atoms with Gasteiger partial charge in [0.2, 0.25) is 0 Å². The van der Waals surface area contributed by atoms with Crippen LogP contribution in [-0.2, 0) is 6.42 Å². The number of nitrogens with one attached hydrogen (secondary N) is 1. The van der Waals surface area contributed by atoms with Gasteiger partial charge in [0.05, 0.1) is 0 Å². The zero-order chi connectivity index (χ0) is 11.5. The number of hydrogen-bond donors (Lipinski definition) is 1. The van der Waals surface area contributed by atoms with Crippen molar-refractivity contribution in [2.24, 2.45) is 5.92 Å². The first-order valence-electron chi connectivity index (χ1n) is 6.16. The molecule has 1 saturated carbocycles. The van der Waals surface area contributed by atoms with E-state index in [-0.39, 0.29) is 0 Å². The molecule has 2 unspecified atom stereocenters. The van der Waals surface area contributed by atoms with Crippen LogP contribution in [0.15, 0.2) is 24.3 Å². The maximum atomic E-state index is 6.17. The van der Waals surface area contributed by atoms with E-state index in [2.05, 4.69) is 31.3 Å². The molecule has 88 valence electrons. The molecule has 0 aromatic heterocycles. The maximum Gasteiger partial charge on any atom is 0.0438 e. The molecule has 1 nitrogen and oxygen atoms in total. The van der Waals surface area contributed by atoms with Gasteiger partial charge in [0.1, 0.15) is 0 Å². The van der Waals surface area contributed by atoms with Crippen LogP contribution in [0.4, 0.5) is 0 Å². The van der Waals surface area contributed by atoms with Crippen LogP contribution in [-0.4, -0.2) is 12.1 Å². The van der Waals surface area contributed by atoms with Crippen molar-refractivity contribution in [3.8, 4) is 0 Å². The Bertz CT molecular complexity index is 346. The zero-order valence-electron chi connectivity index (χ0n) is 10.0. The summed E-state index contributed by atoms with van der Waals surface area (Å²) in [7, 11) is 0. The maximum absolute atomic E-state index is 6.17. The summed E-state index contributed by atoms with van der Waals surface area (Å²) < 4.78 is 0. The zero-order valence-corrected chi connectivity index (χ0v) is 10.8. The van der Waals surface area contributed by atoms with Crippen molar-refractivity contribution in [1.82, 2.24) is 5.32 Å². The van der Waals surface area contributed by atoms with E-state index in [0.29, 0.717) is 12.0 Å². The predicted octanol–water partition coefficient (Wildman–Crippen LogP) is 3.66. The van der Waals surface area contributed by atoms with Crippen molar-refractivity contribution in [2.75, 3.05) is 0 Å². The fourth-order valence-corrected chi connectivity index (χ4v) is 2.19. The highest BCUT2D eigenvalue weighted by atomic mass is 35.5. The number of rotatable bonds is 5. The van der Waals surface area contributed by atoms with Crippen molar-refractivity contribution in [1.29, 1.82) is 0 Å². The molecule has 0 spiro atoms. The molecule has 0 radical (unpaired) electrons. The number of hydrogen-bond acceptors (Lipinski definition) is 1. The van der Waals surface area contributed by atoms with Gasteiger partial charge in [0.15, 0.2) is 0 Å². The molecule has 2 atom stereocenters. The summed E-state index contributed by atoms with van der Waals surface area (Å²) in [6.45, 7) is 4.57. The molecule has 1 aromatic carbocycles. The van der Waals surface area contributed by atoms with E-state index in [1.165, 1.54) is 18.4 Å². The highest BCUT2D eigenvalue weighted by Gasteiger charge is 2.25. The highest BCUT2D eigenvalue weighted by molar-refractivity contribution is 6.31. The minimum absolute atomic E-state index is 0.573. The second-order valence-corrected chi connectivity index (χ2v) is 5.41. The van der Waals surface area contributed by atoms with Gasteiger partial charge >= 0.3 is 0 Å². The largest absolute Gasteiger partial charge is 0.311 e. The van der Waals surface area contributed by atoms with E-state index in [9.17, 15) is 0 Å². The second kappa shape index (κ2) is 5.20. The Morgan fingerprint density at radius 2 is 2.00 bits per heavy atom. The molecule has 0 amide bonds. The van der Waals surface area contributed by atoms with Crippen LogP contribution in [0.2, 0.25) is 5.02 Å². The van der Waals surface area contributed by atoms with Crippen LogP contribution in [0.5, 0.6) is 0 Å². The molecule has 1 N–H and O–H groups in total.